The van der Waals surface area contributed by atoms with Crippen molar-refractivity contribution in [1.29, 1.82) is 5.26 Å². The summed E-state index contributed by atoms with van der Waals surface area (Å²) in [7, 11) is 0. The van der Waals surface area contributed by atoms with Gasteiger partial charge in [-0.3, -0.25) is 4.79 Å². The second-order valence-electron chi connectivity index (χ2n) is 4.62. The fraction of sp³-hybridized carbons (Fsp3) is 0.636. The van der Waals surface area contributed by atoms with Gasteiger partial charge in [0.25, 0.3) is 5.91 Å². The molecule has 1 aromatic heterocycles. The van der Waals surface area contributed by atoms with Crippen LogP contribution in [0.3, 0.4) is 0 Å². The molecule has 6 heteroatoms. The molecule has 1 fully saturated rings. The Morgan fingerprint density at radius 2 is 2.35 bits per heavy atom. The average Bonchev–Trinajstić information content (AvgIpc) is 2.86. The van der Waals surface area contributed by atoms with Crippen molar-refractivity contribution in [2.75, 3.05) is 0 Å². The fourth-order valence-electron chi connectivity index (χ4n) is 2.06. The molecule has 0 aromatic carbocycles. The number of nitrogens with one attached hydrogen (secondary N) is 1. The van der Waals surface area contributed by atoms with E-state index in [2.05, 4.69) is 27.9 Å². The Labute approximate surface area is 104 Å². The molecule has 1 amide bonds. The van der Waals surface area contributed by atoms with Gasteiger partial charge in [-0.1, -0.05) is 11.4 Å². The van der Waals surface area contributed by atoms with Gasteiger partial charge in [-0.15, -0.1) is 5.10 Å². The summed E-state index contributed by atoms with van der Waals surface area (Å²) in [6.45, 7) is 2.17. The number of nitriles is 1. The molecule has 0 bridgehead atoms. The molecule has 0 atom stereocenters. The highest BCUT2D eigenvalue weighted by Gasteiger charge is 2.36. The number of amides is 1. The maximum Gasteiger partial charge on any atom is 0.273 e. The van der Waals surface area contributed by atoms with Crippen LogP contribution < -0.4 is 5.32 Å². The van der Waals surface area contributed by atoms with Crippen LogP contribution in [0.5, 0.6) is 0 Å². The van der Waals surface area contributed by atoms with E-state index in [1.165, 1.54) is 0 Å². The van der Waals surface area contributed by atoms with E-state index in [-0.39, 0.29) is 5.91 Å². The minimum atomic E-state index is -0.715. The van der Waals surface area contributed by atoms with E-state index in [0.29, 0.717) is 24.5 Å². The average molecular weight is 250 g/mol. The van der Waals surface area contributed by atoms with Gasteiger partial charge >= 0.3 is 0 Å². The van der Waals surface area contributed by atoms with Crippen molar-refractivity contribution >= 4 is 17.4 Å². The highest BCUT2D eigenvalue weighted by atomic mass is 32.1. The second-order valence-corrected chi connectivity index (χ2v) is 5.23. The smallest absolute Gasteiger partial charge is 0.273 e. The highest BCUT2D eigenvalue weighted by Crippen LogP contribution is 2.31. The lowest BCUT2D eigenvalue weighted by molar-refractivity contribution is 0.0888. The summed E-state index contributed by atoms with van der Waals surface area (Å²) in [5.74, 6) is 0.337. The van der Waals surface area contributed by atoms with Crippen molar-refractivity contribution in [3.63, 3.8) is 0 Å². The Morgan fingerprint density at radius 1 is 1.65 bits per heavy atom. The Morgan fingerprint density at radius 3 is 2.88 bits per heavy atom. The first kappa shape index (κ1) is 12.0. The number of rotatable bonds is 2. The highest BCUT2D eigenvalue weighted by molar-refractivity contribution is 7.03. The van der Waals surface area contributed by atoms with Crippen LogP contribution in [-0.2, 0) is 0 Å². The monoisotopic (exact) mass is 250 g/mol. The van der Waals surface area contributed by atoms with E-state index in [1.54, 1.807) is 5.38 Å². The molecular weight excluding hydrogens is 236 g/mol. The number of carbonyl (C=O) groups excluding carboxylic acids is 1. The first-order valence-corrected chi connectivity index (χ1v) is 6.50. The maximum atomic E-state index is 11.9. The molecular formula is C11H14N4OS. The molecule has 1 N–H and O–H groups in total. The van der Waals surface area contributed by atoms with Crippen LogP contribution in [0.4, 0.5) is 0 Å². The van der Waals surface area contributed by atoms with E-state index in [4.69, 9.17) is 0 Å². The lowest BCUT2D eigenvalue weighted by atomic mass is 9.78. The molecule has 0 spiro atoms. The van der Waals surface area contributed by atoms with Crippen LogP contribution in [-0.4, -0.2) is 21.0 Å². The van der Waals surface area contributed by atoms with Crippen molar-refractivity contribution in [3.05, 3.63) is 11.1 Å². The van der Waals surface area contributed by atoms with Crippen LogP contribution in [0, 0.1) is 17.2 Å². The van der Waals surface area contributed by atoms with Gasteiger partial charge < -0.3 is 5.32 Å². The third-order valence-electron chi connectivity index (χ3n) is 3.29. The van der Waals surface area contributed by atoms with Crippen LogP contribution in [0.25, 0.3) is 0 Å². The molecule has 1 aliphatic rings. The predicted molar refractivity (Wildman–Crippen MR) is 63.4 cm³/mol. The van der Waals surface area contributed by atoms with Crippen LogP contribution in [0.2, 0.25) is 0 Å². The van der Waals surface area contributed by atoms with Gasteiger partial charge in [-0.05, 0) is 43.1 Å². The molecule has 5 nitrogen and oxygen atoms in total. The summed E-state index contributed by atoms with van der Waals surface area (Å²) in [6, 6.07) is 2.25. The standard InChI is InChI=1S/C11H14N4OS/c1-8-2-4-11(7-12,5-3-8)13-10(16)9-6-17-15-14-9/h6,8H,2-5H2,1H3,(H,13,16). The summed E-state index contributed by atoms with van der Waals surface area (Å²) in [5.41, 5.74) is -0.420. The Balaban J connectivity index is 2.06. The van der Waals surface area contributed by atoms with E-state index in [0.717, 1.165) is 24.4 Å². The van der Waals surface area contributed by atoms with Gasteiger partial charge in [0.15, 0.2) is 5.69 Å². The zero-order valence-electron chi connectivity index (χ0n) is 9.64. The molecule has 1 aliphatic carbocycles. The van der Waals surface area contributed by atoms with Gasteiger partial charge in [0.05, 0.1) is 6.07 Å². The van der Waals surface area contributed by atoms with E-state index in [1.807, 2.05) is 0 Å². The SMILES string of the molecule is CC1CCC(C#N)(NC(=O)c2csnn2)CC1. The molecule has 2 rings (SSSR count). The molecule has 0 radical (unpaired) electrons. The molecule has 1 saturated carbocycles. The minimum Gasteiger partial charge on any atom is -0.332 e. The first-order valence-electron chi connectivity index (χ1n) is 5.66. The van der Waals surface area contributed by atoms with Gasteiger partial charge in [0, 0.05) is 5.38 Å². The Kier molecular flexibility index (Phi) is 3.38. The molecule has 90 valence electrons. The van der Waals surface area contributed by atoms with Gasteiger partial charge in [0.1, 0.15) is 5.54 Å². The largest absolute Gasteiger partial charge is 0.332 e. The molecule has 0 aliphatic heterocycles. The first-order chi connectivity index (χ1) is 8.15. The number of aromatic nitrogens is 2. The van der Waals surface area contributed by atoms with Crippen molar-refractivity contribution in [3.8, 4) is 6.07 Å². The number of hydrogen-bond acceptors (Lipinski definition) is 5. The van der Waals surface area contributed by atoms with Crippen molar-refractivity contribution in [1.82, 2.24) is 14.9 Å². The predicted octanol–water partition coefficient (Wildman–Crippen LogP) is 1.74. The van der Waals surface area contributed by atoms with Crippen LogP contribution >= 0.6 is 11.5 Å². The van der Waals surface area contributed by atoms with E-state index in [9.17, 15) is 10.1 Å². The second kappa shape index (κ2) is 4.80. The van der Waals surface area contributed by atoms with Crippen LogP contribution in [0.1, 0.15) is 43.1 Å². The summed E-state index contributed by atoms with van der Waals surface area (Å²) >= 11 is 1.13. The van der Waals surface area contributed by atoms with Crippen molar-refractivity contribution < 1.29 is 4.79 Å². The molecule has 0 saturated heterocycles. The van der Waals surface area contributed by atoms with Gasteiger partial charge in [-0.2, -0.15) is 5.26 Å². The maximum absolute atomic E-state index is 11.9. The lowest BCUT2D eigenvalue weighted by Crippen LogP contribution is -2.49. The lowest BCUT2D eigenvalue weighted by Gasteiger charge is -2.34. The van der Waals surface area contributed by atoms with Crippen LogP contribution in [0.15, 0.2) is 5.38 Å². The van der Waals surface area contributed by atoms with Crippen molar-refractivity contribution in [2.45, 2.75) is 38.1 Å². The zero-order chi connectivity index (χ0) is 12.3. The quantitative estimate of drug-likeness (QED) is 0.867. The Hall–Kier alpha value is -1.48. The molecule has 0 unspecified atom stereocenters. The molecule has 17 heavy (non-hydrogen) atoms. The van der Waals surface area contributed by atoms with Crippen molar-refractivity contribution in [2.24, 2.45) is 5.92 Å². The minimum absolute atomic E-state index is 0.295. The Bertz CT molecular complexity index is 429. The summed E-state index contributed by atoms with van der Waals surface area (Å²) < 4.78 is 3.64. The normalized spacial score (nSPS) is 28.4. The topological polar surface area (TPSA) is 78.7 Å². The fourth-order valence-corrected chi connectivity index (χ4v) is 2.50. The molecule has 1 aromatic rings. The van der Waals surface area contributed by atoms with E-state index < -0.39 is 5.54 Å². The number of hydrogen-bond donors (Lipinski definition) is 1. The third-order valence-corrected chi connectivity index (χ3v) is 3.79. The van der Waals surface area contributed by atoms with Gasteiger partial charge in [0.2, 0.25) is 0 Å². The summed E-state index contributed by atoms with van der Waals surface area (Å²) in [4.78, 5) is 11.9. The number of nitrogens with zero attached hydrogens (tertiary/aromatic N) is 3. The number of carbonyl (C=O) groups is 1. The third kappa shape index (κ3) is 2.61. The zero-order valence-corrected chi connectivity index (χ0v) is 10.5. The summed E-state index contributed by atoms with van der Waals surface area (Å²) in [6.07, 6.45) is 3.38. The van der Waals surface area contributed by atoms with Gasteiger partial charge in [-0.25, -0.2) is 0 Å². The molecule has 1 heterocycles. The summed E-state index contributed by atoms with van der Waals surface area (Å²) in [5, 5.41) is 17.4. The van der Waals surface area contributed by atoms with E-state index >= 15 is 0 Å².